The maximum Gasteiger partial charge on any atom is 0.243 e. The lowest BCUT2D eigenvalue weighted by Crippen LogP contribution is -2.27. The molecule has 1 aliphatic carbocycles. The van der Waals surface area contributed by atoms with Crippen molar-refractivity contribution in [3.63, 3.8) is 0 Å². The molecular formula is C13H25N7. The molecule has 20 heavy (non-hydrogen) atoms. The second-order valence-electron chi connectivity index (χ2n) is 5.74. The Bertz CT molecular complexity index is 440. The highest BCUT2D eigenvalue weighted by Crippen LogP contribution is 2.40. The highest BCUT2D eigenvalue weighted by atomic mass is 15.4. The van der Waals surface area contributed by atoms with Crippen molar-refractivity contribution in [1.82, 2.24) is 15.0 Å². The monoisotopic (exact) mass is 279 g/mol. The molecule has 1 aliphatic rings. The molecule has 0 amide bonds. The third-order valence-corrected chi connectivity index (χ3v) is 4.19. The number of hydrazine groups is 1. The zero-order valence-electron chi connectivity index (χ0n) is 12.6. The fourth-order valence-electron chi connectivity index (χ4n) is 2.76. The first kappa shape index (κ1) is 14.8. The van der Waals surface area contributed by atoms with Gasteiger partial charge in [-0.05, 0) is 24.7 Å². The van der Waals surface area contributed by atoms with E-state index in [2.05, 4.69) is 32.6 Å². The Morgan fingerprint density at radius 2 is 1.80 bits per heavy atom. The van der Waals surface area contributed by atoms with Crippen molar-refractivity contribution in [1.29, 1.82) is 0 Å². The highest BCUT2D eigenvalue weighted by molar-refractivity contribution is 5.42. The van der Waals surface area contributed by atoms with Gasteiger partial charge < -0.3 is 10.2 Å². The molecule has 0 unspecified atom stereocenters. The summed E-state index contributed by atoms with van der Waals surface area (Å²) in [4.78, 5) is 14.7. The van der Waals surface area contributed by atoms with E-state index in [-0.39, 0.29) is 0 Å². The van der Waals surface area contributed by atoms with Crippen molar-refractivity contribution in [2.45, 2.75) is 39.0 Å². The maximum absolute atomic E-state index is 5.41. The van der Waals surface area contributed by atoms with E-state index >= 15 is 0 Å². The quantitative estimate of drug-likeness (QED) is 0.538. The van der Waals surface area contributed by atoms with Crippen molar-refractivity contribution in [3.05, 3.63) is 0 Å². The first-order valence-corrected chi connectivity index (χ1v) is 7.22. The Hall–Kier alpha value is -1.63. The Labute approximate surface area is 120 Å². The lowest BCUT2D eigenvalue weighted by Gasteiger charge is -2.27. The molecule has 0 atom stereocenters. The van der Waals surface area contributed by atoms with Gasteiger partial charge in [0.15, 0.2) is 0 Å². The van der Waals surface area contributed by atoms with Crippen LogP contribution in [0.2, 0.25) is 0 Å². The highest BCUT2D eigenvalue weighted by Gasteiger charge is 2.31. The molecule has 2 rings (SSSR count). The molecule has 1 aromatic heterocycles. The molecule has 0 aliphatic heterocycles. The summed E-state index contributed by atoms with van der Waals surface area (Å²) in [6, 6.07) is 0. The molecule has 1 saturated carbocycles. The van der Waals surface area contributed by atoms with E-state index in [1.165, 1.54) is 32.1 Å². The van der Waals surface area contributed by atoms with Crippen LogP contribution in [0.1, 0.15) is 39.0 Å². The lowest BCUT2D eigenvalue weighted by molar-refractivity contribution is 0.306. The smallest absolute Gasteiger partial charge is 0.243 e. The molecule has 112 valence electrons. The molecule has 1 fully saturated rings. The van der Waals surface area contributed by atoms with Gasteiger partial charge in [-0.15, -0.1) is 0 Å². The van der Waals surface area contributed by atoms with E-state index in [0.29, 0.717) is 23.3 Å². The molecule has 7 heteroatoms. The molecular weight excluding hydrogens is 254 g/mol. The lowest BCUT2D eigenvalue weighted by atomic mass is 9.83. The summed E-state index contributed by atoms with van der Waals surface area (Å²) in [5.41, 5.74) is 2.88. The Kier molecular flexibility index (Phi) is 4.59. The summed E-state index contributed by atoms with van der Waals surface area (Å²) >= 11 is 0. The van der Waals surface area contributed by atoms with Gasteiger partial charge in [0.25, 0.3) is 0 Å². The first-order valence-electron chi connectivity index (χ1n) is 7.22. The molecule has 0 aromatic carbocycles. The average molecular weight is 279 g/mol. The fraction of sp³-hybridized carbons (Fsp3) is 0.769. The summed E-state index contributed by atoms with van der Waals surface area (Å²) in [5, 5.41) is 3.36. The number of nitrogens with one attached hydrogen (secondary N) is 2. The van der Waals surface area contributed by atoms with Crippen molar-refractivity contribution in [2.24, 2.45) is 11.3 Å². The van der Waals surface area contributed by atoms with E-state index in [4.69, 9.17) is 5.84 Å². The predicted octanol–water partition coefficient (Wildman–Crippen LogP) is 1.61. The van der Waals surface area contributed by atoms with Crippen LogP contribution in [0.15, 0.2) is 0 Å². The molecule has 4 N–H and O–H groups in total. The zero-order valence-corrected chi connectivity index (χ0v) is 12.6. The van der Waals surface area contributed by atoms with Gasteiger partial charge in [-0.2, -0.15) is 15.0 Å². The molecule has 0 saturated heterocycles. The normalized spacial score (nSPS) is 17.0. The van der Waals surface area contributed by atoms with Crippen LogP contribution in [0, 0.1) is 5.41 Å². The Morgan fingerprint density at radius 3 is 2.35 bits per heavy atom. The van der Waals surface area contributed by atoms with Gasteiger partial charge in [-0.1, -0.05) is 19.8 Å². The van der Waals surface area contributed by atoms with Crippen LogP contribution in [-0.2, 0) is 0 Å². The topological polar surface area (TPSA) is 92.0 Å². The van der Waals surface area contributed by atoms with E-state index in [1.807, 2.05) is 19.0 Å². The van der Waals surface area contributed by atoms with Crippen LogP contribution in [0.3, 0.4) is 0 Å². The number of nitrogen functional groups attached to an aromatic ring is 1. The molecule has 1 aromatic rings. The number of nitrogens with two attached hydrogens (primary N) is 1. The van der Waals surface area contributed by atoms with Crippen molar-refractivity contribution < 1.29 is 0 Å². The summed E-state index contributed by atoms with van der Waals surface area (Å²) in [5.74, 6) is 6.96. The van der Waals surface area contributed by atoms with Crippen LogP contribution >= 0.6 is 0 Å². The van der Waals surface area contributed by atoms with Crippen LogP contribution < -0.4 is 21.5 Å². The fourth-order valence-corrected chi connectivity index (χ4v) is 2.76. The summed E-state index contributed by atoms with van der Waals surface area (Å²) < 4.78 is 0. The SMILES string of the molecule is CCC1(CNc2nc(NN)nc(N(C)C)n2)CCCC1. The van der Waals surface area contributed by atoms with E-state index < -0.39 is 0 Å². The predicted molar refractivity (Wildman–Crippen MR) is 81.6 cm³/mol. The molecule has 7 nitrogen and oxygen atoms in total. The number of hydrogen-bond acceptors (Lipinski definition) is 7. The average Bonchev–Trinajstić information content (AvgIpc) is 2.94. The van der Waals surface area contributed by atoms with Gasteiger partial charge in [0.1, 0.15) is 0 Å². The minimum atomic E-state index is 0.378. The molecule has 0 radical (unpaired) electrons. The second kappa shape index (κ2) is 6.21. The Morgan fingerprint density at radius 1 is 1.15 bits per heavy atom. The number of rotatable bonds is 6. The van der Waals surface area contributed by atoms with Crippen LogP contribution in [-0.4, -0.2) is 35.6 Å². The van der Waals surface area contributed by atoms with Gasteiger partial charge in [-0.3, -0.25) is 5.43 Å². The zero-order chi connectivity index (χ0) is 14.6. The van der Waals surface area contributed by atoms with E-state index in [0.717, 1.165) is 6.54 Å². The molecule has 1 heterocycles. The van der Waals surface area contributed by atoms with E-state index in [1.54, 1.807) is 0 Å². The standard InChI is InChI=1S/C13H25N7/c1-4-13(7-5-6-8-13)9-15-10-16-11(19-14)18-12(17-10)20(2)3/h4-9,14H2,1-3H3,(H2,15,16,17,18,19). The summed E-state index contributed by atoms with van der Waals surface area (Å²) in [6.45, 7) is 3.17. The van der Waals surface area contributed by atoms with Gasteiger partial charge in [0.2, 0.25) is 17.8 Å². The van der Waals surface area contributed by atoms with Gasteiger partial charge in [0.05, 0.1) is 0 Å². The largest absolute Gasteiger partial charge is 0.353 e. The van der Waals surface area contributed by atoms with Crippen LogP contribution in [0.4, 0.5) is 17.8 Å². The number of anilines is 3. The maximum atomic E-state index is 5.41. The summed E-state index contributed by atoms with van der Waals surface area (Å²) in [7, 11) is 3.79. The number of aromatic nitrogens is 3. The first-order chi connectivity index (χ1) is 9.58. The van der Waals surface area contributed by atoms with E-state index in [9.17, 15) is 0 Å². The van der Waals surface area contributed by atoms with Crippen LogP contribution in [0.25, 0.3) is 0 Å². The third-order valence-electron chi connectivity index (χ3n) is 4.19. The van der Waals surface area contributed by atoms with Crippen molar-refractivity contribution >= 4 is 17.8 Å². The van der Waals surface area contributed by atoms with Crippen LogP contribution in [0.5, 0.6) is 0 Å². The minimum Gasteiger partial charge on any atom is -0.353 e. The molecule has 0 bridgehead atoms. The number of nitrogens with zero attached hydrogens (tertiary/aromatic N) is 4. The van der Waals surface area contributed by atoms with Gasteiger partial charge in [0, 0.05) is 20.6 Å². The van der Waals surface area contributed by atoms with Crippen molar-refractivity contribution in [3.8, 4) is 0 Å². The second-order valence-corrected chi connectivity index (χ2v) is 5.74. The van der Waals surface area contributed by atoms with Gasteiger partial charge in [-0.25, -0.2) is 5.84 Å². The number of hydrogen-bond donors (Lipinski definition) is 3. The summed E-state index contributed by atoms with van der Waals surface area (Å²) in [6.07, 6.45) is 6.40. The third kappa shape index (κ3) is 3.27. The minimum absolute atomic E-state index is 0.378. The molecule has 0 spiro atoms. The van der Waals surface area contributed by atoms with Gasteiger partial charge >= 0.3 is 0 Å². The Balaban J connectivity index is 2.10. The van der Waals surface area contributed by atoms with Crippen molar-refractivity contribution in [2.75, 3.05) is 36.3 Å².